The van der Waals surface area contributed by atoms with E-state index in [-0.39, 0.29) is 22.9 Å². The lowest BCUT2D eigenvalue weighted by atomic mass is 9.49. The van der Waals surface area contributed by atoms with Crippen LogP contribution in [0.15, 0.2) is 23.3 Å². The molecule has 3 fully saturated rings. The number of aliphatic hydroxyl groups excluding tert-OH is 3. The van der Waals surface area contributed by atoms with Crippen LogP contribution in [0.1, 0.15) is 86.0 Å². The quantitative estimate of drug-likeness (QED) is 0.421. The Morgan fingerprint density at radius 2 is 1.79 bits per heavy atom. The van der Waals surface area contributed by atoms with Crippen molar-refractivity contribution in [3.63, 3.8) is 0 Å². The van der Waals surface area contributed by atoms with Crippen LogP contribution in [-0.4, -0.2) is 55.3 Å². The van der Waals surface area contributed by atoms with Crippen molar-refractivity contribution >= 4 is 11.8 Å². The molecule has 0 aromatic heterocycles. The van der Waals surface area contributed by atoms with Gasteiger partial charge in [0.25, 0.3) is 0 Å². The van der Waals surface area contributed by atoms with Gasteiger partial charge in [-0.1, -0.05) is 57.9 Å². The van der Waals surface area contributed by atoms with Gasteiger partial charge in [0, 0.05) is 23.0 Å². The van der Waals surface area contributed by atoms with Crippen molar-refractivity contribution in [2.45, 2.75) is 115 Å². The number of fused-ring (bicyclic) bond motifs is 5. The molecule has 0 radical (unpaired) electrons. The minimum absolute atomic E-state index is 0.0564. The topological polar surface area (TPSA) is 80.9 Å². The highest BCUT2D eigenvalue weighted by Gasteiger charge is 2.61. The van der Waals surface area contributed by atoms with Crippen LogP contribution in [0.25, 0.3) is 0 Å². The van der Waals surface area contributed by atoms with Crippen molar-refractivity contribution in [3.05, 3.63) is 23.3 Å². The van der Waals surface area contributed by atoms with Gasteiger partial charge in [-0.3, -0.25) is 0 Å². The molecule has 33 heavy (non-hydrogen) atoms. The predicted octanol–water partition coefficient (Wildman–Crippen LogP) is 4.85. The van der Waals surface area contributed by atoms with Gasteiger partial charge in [-0.25, -0.2) is 0 Å². The Kier molecular flexibility index (Phi) is 7.24. The third-order valence-corrected chi connectivity index (χ3v) is 11.8. The van der Waals surface area contributed by atoms with Crippen LogP contribution in [0.4, 0.5) is 0 Å². The van der Waals surface area contributed by atoms with E-state index in [0.717, 1.165) is 44.3 Å². The summed E-state index contributed by atoms with van der Waals surface area (Å²) >= 11 is 1.92. The van der Waals surface area contributed by atoms with Crippen LogP contribution in [0.2, 0.25) is 0 Å². The maximum atomic E-state index is 11.3. The summed E-state index contributed by atoms with van der Waals surface area (Å²) in [7, 11) is 0. The van der Waals surface area contributed by atoms with Gasteiger partial charge in [0.05, 0.1) is 23.9 Å². The van der Waals surface area contributed by atoms with Crippen LogP contribution in [0.3, 0.4) is 0 Å². The normalized spacial score (nSPS) is 43.8. The van der Waals surface area contributed by atoms with Gasteiger partial charge in [-0.2, -0.15) is 11.8 Å². The highest BCUT2D eigenvalue weighted by Crippen LogP contribution is 2.66. The summed E-state index contributed by atoms with van der Waals surface area (Å²) in [4.78, 5) is 0. The first-order valence-electron chi connectivity index (χ1n) is 13.3. The summed E-state index contributed by atoms with van der Waals surface area (Å²) in [6.45, 7) is 11.0. The molecule has 4 nitrogen and oxygen atoms in total. The number of allylic oxidation sites excluding steroid dienone is 3. The number of hydrogen-bond donors (Lipinski definition) is 4. The Labute approximate surface area is 204 Å². The number of aliphatic hydroxyl groups is 4. The van der Waals surface area contributed by atoms with E-state index in [0.29, 0.717) is 29.9 Å². The lowest BCUT2D eigenvalue weighted by Gasteiger charge is -2.56. The van der Waals surface area contributed by atoms with E-state index in [1.165, 1.54) is 11.1 Å². The van der Waals surface area contributed by atoms with Gasteiger partial charge in [0.2, 0.25) is 0 Å². The second-order valence-corrected chi connectivity index (χ2v) is 13.5. The summed E-state index contributed by atoms with van der Waals surface area (Å²) < 4.78 is 0. The van der Waals surface area contributed by atoms with Crippen molar-refractivity contribution in [1.82, 2.24) is 0 Å². The second-order valence-electron chi connectivity index (χ2n) is 12.0. The van der Waals surface area contributed by atoms with E-state index >= 15 is 0 Å². The zero-order valence-electron chi connectivity index (χ0n) is 21.3. The molecule has 0 heterocycles. The van der Waals surface area contributed by atoms with Crippen LogP contribution in [0, 0.1) is 28.6 Å². The van der Waals surface area contributed by atoms with Gasteiger partial charge in [0.15, 0.2) is 0 Å². The Bertz CT molecular complexity index is 789. The molecule has 1 unspecified atom stereocenters. The molecule has 9 atom stereocenters. The van der Waals surface area contributed by atoms with E-state index in [4.69, 9.17) is 0 Å². The molecule has 0 saturated heterocycles. The van der Waals surface area contributed by atoms with Crippen molar-refractivity contribution < 1.29 is 20.4 Å². The van der Waals surface area contributed by atoms with Gasteiger partial charge >= 0.3 is 0 Å². The van der Waals surface area contributed by atoms with E-state index in [2.05, 4.69) is 46.8 Å². The largest absolute Gasteiger partial charge is 0.393 e. The standard InChI is InChI=1S/C28H46O4S/c1-6-28(32,7-2)12-13-33-17(3)25-23(30)16-22-20-9-8-18-14-19(29)15-24(31)27(18,5)21(20)10-11-26(22,25)4/h8-9,17,19,21-25,29-32H,6-7,10-16H2,1-5H3/t17?,19-,21+,22+,23-,24+,25+,26+,27+/m1/s1. The van der Waals surface area contributed by atoms with Crippen molar-refractivity contribution in [2.75, 3.05) is 5.75 Å². The summed E-state index contributed by atoms with van der Waals surface area (Å²) in [6, 6.07) is 0. The predicted molar refractivity (Wildman–Crippen MR) is 136 cm³/mol. The lowest BCUT2D eigenvalue weighted by molar-refractivity contribution is -0.0534. The van der Waals surface area contributed by atoms with Crippen molar-refractivity contribution in [1.29, 1.82) is 0 Å². The Balaban J connectivity index is 1.53. The zero-order chi connectivity index (χ0) is 24.2. The molecule has 0 amide bonds. The fraction of sp³-hybridized carbons (Fsp3) is 0.857. The highest BCUT2D eigenvalue weighted by atomic mass is 32.2. The van der Waals surface area contributed by atoms with Crippen LogP contribution < -0.4 is 0 Å². The van der Waals surface area contributed by atoms with Crippen molar-refractivity contribution in [2.24, 2.45) is 28.6 Å². The Morgan fingerprint density at radius 3 is 2.45 bits per heavy atom. The minimum atomic E-state index is -0.563. The molecular formula is C28H46O4S. The molecule has 0 aliphatic heterocycles. The van der Waals surface area contributed by atoms with E-state index in [9.17, 15) is 20.4 Å². The van der Waals surface area contributed by atoms with E-state index in [1.807, 2.05) is 11.8 Å². The summed E-state index contributed by atoms with van der Waals surface area (Å²) in [6.07, 6.45) is 9.60. The molecule has 4 rings (SSSR count). The Hall–Kier alpha value is -0.330. The first-order chi connectivity index (χ1) is 15.5. The highest BCUT2D eigenvalue weighted by molar-refractivity contribution is 7.99. The molecule has 3 saturated carbocycles. The van der Waals surface area contributed by atoms with Crippen LogP contribution in [0.5, 0.6) is 0 Å². The molecule has 4 N–H and O–H groups in total. The Morgan fingerprint density at radius 1 is 1.09 bits per heavy atom. The van der Waals surface area contributed by atoms with E-state index < -0.39 is 17.8 Å². The maximum Gasteiger partial charge on any atom is 0.0661 e. The number of rotatable bonds is 7. The second kappa shape index (κ2) is 9.28. The number of hydrogen-bond acceptors (Lipinski definition) is 5. The third kappa shape index (κ3) is 4.18. The van der Waals surface area contributed by atoms with Crippen molar-refractivity contribution in [3.8, 4) is 0 Å². The molecular weight excluding hydrogens is 432 g/mol. The average molecular weight is 479 g/mol. The molecule has 5 heteroatoms. The lowest BCUT2D eigenvalue weighted by Crippen LogP contribution is -2.52. The fourth-order valence-corrected chi connectivity index (χ4v) is 9.66. The maximum absolute atomic E-state index is 11.3. The summed E-state index contributed by atoms with van der Waals surface area (Å²) in [5.41, 5.74) is 1.83. The number of thioether (sulfide) groups is 1. The molecule has 0 aromatic carbocycles. The molecule has 0 aromatic rings. The van der Waals surface area contributed by atoms with E-state index in [1.54, 1.807) is 0 Å². The first-order valence-corrected chi connectivity index (χ1v) is 14.3. The van der Waals surface area contributed by atoms with Crippen LogP contribution >= 0.6 is 11.8 Å². The molecule has 4 aliphatic carbocycles. The molecule has 188 valence electrons. The molecule has 0 bridgehead atoms. The molecule has 0 spiro atoms. The van der Waals surface area contributed by atoms with Gasteiger partial charge < -0.3 is 20.4 Å². The summed E-state index contributed by atoms with van der Waals surface area (Å²) in [5, 5.41) is 43.6. The fourth-order valence-electron chi connectivity index (χ4n) is 8.10. The summed E-state index contributed by atoms with van der Waals surface area (Å²) in [5.74, 6) is 1.81. The van der Waals surface area contributed by atoms with Gasteiger partial charge in [-0.05, 0) is 67.9 Å². The van der Waals surface area contributed by atoms with Crippen LogP contribution in [-0.2, 0) is 0 Å². The SMILES string of the molecule is CCC(O)(CC)CCSC(C)[C@H]1[C@H](O)C[C@H]2C3=CC=C4C[C@@H](O)C[C@H](O)[C@]4(C)[C@H]3CC[C@@]21C. The third-order valence-electron chi connectivity index (χ3n) is 10.5. The molecule has 4 aliphatic rings. The zero-order valence-corrected chi connectivity index (χ0v) is 22.1. The van der Waals surface area contributed by atoms with Gasteiger partial charge in [-0.15, -0.1) is 0 Å². The smallest absolute Gasteiger partial charge is 0.0661 e. The van der Waals surface area contributed by atoms with Gasteiger partial charge in [0.1, 0.15) is 0 Å². The average Bonchev–Trinajstić information content (AvgIpc) is 3.04. The first kappa shape index (κ1) is 25.8. The minimum Gasteiger partial charge on any atom is -0.393 e. The monoisotopic (exact) mass is 478 g/mol.